The van der Waals surface area contributed by atoms with Crippen molar-refractivity contribution in [3.8, 4) is 22.8 Å². The second-order valence-electron chi connectivity index (χ2n) is 7.57. The SMILES string of the molecule is COc1ccc(OC)c(-c2csc(N3CCC(S(=O)(=O)c4cccc([N+](=O)[O-])c4)CC3)n2)c1. The first-order chi connectivity index (χ1) is 15.8. The van der Waals surface area contributed by atoms with Crippen LogP contribution in [0.4, 0.5) is 10.8 Å². The molecule has 0 N–H and O–H groups in total. The van der Waals surface area contributed by atoms with Crippen molar-refractivity contribution in [1.82, 2.24) is 4.98 Å². The van der Waals surface area contributed by atoms with Gasteiger partial charge >= 0.3 is 0 Å². The maximum Gasteiger partial charge on any atom is 0.270 e. The number of ether oxygens (including phenoxy) is 2. The minimum atomic E-state index is -3.66. The van der Waals surface area contributed by atoms with Gasteiger partial charge in [0.05, 0.1) is 35.0 Å². The van der Waals surface area contributed by atoms with Crippen molar-refractivity contribution < 1.29 is 22.8 Å². The maximum absolute atomic E-state index is 13.0. The average molecular weight is 490 g/mol. The summed E-state index contributed by atoms with van der Waals surface area (Å²) in [6.45, 7) is 1.06. The molecule has 0 saturated carbocycles. The number of piperidine rings is 1. The first kappa shape index (κ1) is 23.0. The molecular formula is C22H23N3O6S2. The van der Waals surface area contributed by atoms with E-state index in [0.717, 1.165) is 22.5 Å². The van der Waals surface area contributed by atoms with E-state index < -0.39 is 20.0 Å². The van der Waals surface area contributed by atoms with Crippen LogP contribution in [-0.2, 0) is 9.84 Å². The zero-order valence-electron chi connectivity index (χ0n) is 18.1. The van der Waals surface area contributed by atoms with Gasteiger partial charge in [-0.15, -0.1) is 11.3 Å². The van der Waals surface area contributed by atoms with Crippen molar-refractivity contribution in [1.29, 1.82) is 0 Å². The van der Waals surface area contributed by atoms with Crippen LogP contribution < -0.4 is 14.4 Å². The molecule has 0 radical (unpaired) electrons. The molecule has 2 aromatic carbocycles. The third-order valence-electron chi connectivity index (χ3n) is 5.68. The fourth-order valence-corrected chi connectivity index (χ4v) is 6.52. The number of hydrogen-bond acceptors (Lipinski definition) is 9. The summed E-state index contributed by atoms with van der Waals surface area (Å²) in [5.74, 6) is 1.39. The molecule has 0 aliphatic carbocycles. The molecule has 2 heterocycles. The number of nitrogens with zero attached hydrogens (tertiary/aromatic N) is 3. The largest absolute Gasteiger partial charge is 0.497 e. The Bertz CT molecular complexity index is 1270. The van der Waals surface area contributed by atoms with E-state index in [-0.39, 0.29) is 10.6 Å². The number of anilines is 1. The highest BCUT2D eigenvalue weighted by Crippen LogP contribution is 2.37. The molecule has 3 aromatic rings. The Hall–Kier alpha value is -3.18. The lowest BCUT2D eigenvalue weighted by Gasteiger charge is -2.31. The fraction of sp³-hybridized carbons (Fsp3) is 0.318. The Morgan fingerprint density at radius 3 is 2.55 bits per heavy atom. The zero-order valence-corrected chi connectivity index (χ0v) is 19.8. The number of thiazole rings is 1. The summed E-state index contributed by atoms with van der Waals surface area (Å²) in [6.07, 6.45) is 0.838. The van der Waals surface area contributed by atoms with Crippen LogP contribution >= 0.6 is 11.3 Å². The smallest absolute Gasteiger partial charge is 0.270 e. The second-order valence-corrected chi connectivity index (χ2v) is 10.6. The molecule has 0 atom stereocenters. The van der Waals surface area contributed by atoms with E-state index in [1.165, 1.54) is 29.5 Å². The molecule has 1 aliphatic heterocycles. The number of non-ortho nitro benzene ring substituents is 1. The van der Waals surface area contributed by atoms with Gasteiger partial charge in [-0.2, -0.15) is 0 Å². The first-order valence-corrected chi connectivity index (χ1v) is 12.7. The lowest BCUT2D eigenvalue weighted by atomic mass is 10.1. The summed E-state index contributed by atoms with van der Waals surface area (Å²) in [4.78, 5) is 17.3. The molecule has 1 aromatic heterocycles. The van der Waals surface area contributed by atoms with Crippen molar-refractivity contribution >= 4 is 32.0 Å². The molecule has 0 amide bonds. The number of methoxy groups -OCH3 is 2. The van der Waals surface area contributed by atoms with Crippen molar-refractivity contribution in [3.05, 3.63) is 58.0 Å². The van der Waals surface area contributed by atoms with Gasteiger partial charge in [-0.1, -0.05) is 6.07 Å². The van der Waals surface area contributed by atoms with Crippen LogP contribution in [-0.4, -0.2) is 50.9 Å². The van der Waals surface area contributed by atoms with Gasteiger partial charge in [0.15, 0.2) is 15.0 Å². The molecule has 174 valence electrons. The Balaban J connectivity index is 1.49. The Morgan fingerprint density at radius 2 is 1.88 bits per heavy atom. The van der Waals surface area contributed by atoms with Gasteiger partial charge in [0.2, 0.25) is 0 Å². The van der Waals surface area contributed by atoms with E-state index in [0.29, 0.717) is 37.4 Å². The molecular weight excluding hydrogens is 466 g/mol. The summed E-state index contributed by atoms with van der Waals surface area (Å²) in [5.41, 5.74) is 1.36. The molecule has 0 spiro atoms. The number of rotatable bonds is 7. The quantitative estimate of drug-likeness (QED) is 0.359. The lowest BCUT2D eigenvalue weighted by molar-refractivity contribution is -0.385. The third kappa shape index (κ3) is 4.64. The lowest BCUT2D eigenvalue weighted by Crippen LogP contribution is -2.39. The fourth-order valence-electron chi connectivity index (χ4n) is 3.87. The highest BCUT2D eigenvalue weighted by atomic mass is 32.2. The van der Waals surface area contributed by atoms with Gasteiger partial charge in [0.1, 0.15) is 11.5 Å². The van der Waals surface area contributed by atoms with Crippen molar-refractivity contribution in [2.75, 3.05) is 32.2 Å². The number of nitro benzene ring substituents is 1. The van der Waals surface area contributed by atoms with Crippen molar-refractivity contribution in [2.45, 2.75) is 23.0 Å². The Kier molecular flexibility index (Phi) is 6.52. The third-order valence-corrected chi connectivity index (χ3v) is 8.84. The maximum atomic E-state index is 13.0. The molecule has 1 fully saturated rings. The van der Waals surface area contributed by atoms with E-state index in [1.54, 1.807) is 14.2 Å². The number of aromatic nitrogens is 1. The molecule has 1 saturated heterocycles. The van der Waals surface area contributed by atoms with E-state index in [4.69, 9.17) is 14.5 Å². The summed E-state index contributed by atoms with van der Waals surface area (Å²) < 4.78 is 36.9. The number of nitro groups is 1. The van der Waals surface area contributed by atoms with Crippen LogP contribution in [0.3, 0.4) is 0 Å². The van der Waals surface area contributed by atoms with Gasteiger partial charge < -0.3 is 14.4 Å². The van der Waals surface area contributed by atoms with Gasteiger partial charge in [0, 0.05) is 36.2 Å². The van der Waals surface area contributed by atoms with Gasteiger partial charge in [-0.25, -0.2) is 13.4 Å². The summed E-state index contributed by atoms with van der Waals surface area (Å²) in [5, 5.41) is 13.2. The van der Waals surface area contributed by atoms with Crippen LogP contribution in [0.15, 0.2) is 52.7 Å². The van der Waals surface area contributed by atoms with Crippen LogP contribution in [0.25, 0.3) is 11.3 Å². The zero-order chi connectivity index (χ0) is 23.6. The van der Waals surface area contributed by atoms with Gasteiger partial charge in [0.25, 0.3) is 5.69 Å². The van der Waals surface area contributed by atoms with Crippen LogP contribution in [0.1, 0.15) is 12.8 Å². The topological polar surface area (TPSA) is 112 Å². The van der Waals surface area contributed by atoms with Crippen LogP contribution in [0, 0.1) is 10.1 Å². The monoisotopic (exact) mass is 489 g/mol. The number of benzene rings is 2. The second kappa shape index (κ2) is 9.36. The molecule has 9 nitrogen and oxygen atoms in total. The van der Waals surface area contributed by atoms with E-state index in [2.05, 4.69) is 4.90 Å². The normalized spacial score (nSPS) is 14.8. The van der Waals surface area contributed by atoms with E-state index in [1.807, 2.05) is 23.6 Å². The predicted molar refractivity (Wildman–Crippen MR) is 126 cm³/mol. The summed E-state index contributed by atoms with van der Waals surface area (Å²) in [6, 6.07) is 10.8. The molecule has 4 rings (SSSR count). The predicted octanol–water partition coefficient (Wildman–Crippen LogP) is 4.18. The Labute approximate surface area is 195 Å². The van der Waals surface area contributed by atoms with E-state index in [9.17, 15) is 18.5 Å². The first-order valence-electron chi connectivity index (χ1n) is 10.2. The van der Waals surface area contributed by atoms with Crippen molar-refractivity contribution in [3.63, 3.8) is 0 Å². The van der Waals surface area contributed by atoms with Crippen LogP contribution in [0.2, 0.25) is 0 Å². The summed E-state index contributed by atoms with van der Waals surface area (Å²) in [7, 11) is -0.453. The number of hydrogen-bond donors (Lipinski definition) is 0. The van der Waals surface area contributed by atoms with Crippen molar-refractivity contribution in [2.24, 2.45) is 0 Å². The molecule has 33 heavy (non-hydrogen) atoms. The Morgan fingerprint density at radius 1 is 1.12 bits per heavy atom. The molecule has 11 heteroatoms. The number of sulfone groups is 1. The minimum absolute atomic E-state index is 0.00296. The van der Waals surface area contributed by atoms with E-state index >= 15 is 0 Å². The summed E-state index contributed by atoms with van der Waals surface area (Å²) >= 11 is 1.49. The van der Waals surface area contributed by atoms with Crippen LogP contribution in [0.5, 0.6) is 11.5 Å². The highest BCUT2D eigenvalue weighted by Gasteiger charge is 2.33. The minimum Gasteiger partial charge on any atom is -0.497 e. The molecule has 0 unspecified atom stereocenters. The van der Waals surface area contributed by atoms with Gasteiger partial charge in [-0.05, 0) is 37.1 Å². The average Bonchev–Trinajstić information content (AvgIpc) is 3.34. The molecule has 1 aliphatic rings. The van der Waals surface area contributed by atoms with Gasteiger partial charge in [-0.3, -0.25) is 10.1 Å². The highest BCUT2D eigenvalue weighted by molar-refractivity contribution is 7.92. The molecule has 0 bridgehead atoms. The standard InChI is InChI=1S/C22H23N3O6S2/c1-30-16-6-7-21(31-2)19(13-16)20-14-32-22(23-20)24-10-8-17(9-11-24)33(28,29)18-5-3-4-15(12-18)25(26)27/h3-7,12-14,17H,8-11H2,1-2H3.